The van der Waals surface area contributed by atoms with Crippen LogP contribution in [0.1, 0.15) is 24.9 Å². The third-order valence-corrected chi connectivity index (χ3v) is 3.72. The summed E-state index contributed by atoms with van der Waals surface area (Å²) in [5, 5.41) is 9.08. The first-order valence-corrected chi connectivity index (χ1v) is 7.50. The van der Waals surface area contributed by atoms with E-state index in [9.17, 15) is 13.2 Å². The molecule has 0 saturated carbocycles. The van der Waals surface area contributed by atoms with Crippen molar-refractivity contribution < 1.29 is 18.3 Å². The molecule has 7 heteroatoms. The summed E-state index contributed by atoms with van der Waals surface area (Å²) in [7, 11) is 0. The molecule has 120 valence electrons. The fourth-order valence-electron chi connectivity index (χ4n) is 2.32. The Morgan fingerprint density at radius 3 is 2.52 bits per heavy atom. The molecule has 0 aliphatic heterocycles. The van der Waals surface area contributed by atoms with Gasteiger partial charge >= 0.3 is 6.18 Å². The second-order valence-electron chi connectivity index (χ2n) is 4.88. The van der Waals surface area contributed by atoms with E-state index in [4.69, 9.17) is 10.8 Å². The van der Waals surface area contributed by atoms with Crippen LogP contribution in [0.5, 0.6) is 0 Å². The van der Waals surface area contributed by atoms with Crippen LogP contribution in [0, 0.1) is 0 Å². The van der Waals surface area contributed by atoms with Gasteiger partial charge in [0.05, 0.1) is 19.2 Å². The Bertz CT molecular complexity index is 442. The lowest BCUT2D eigenvalue weighted by atomic mass is 9.96. The van der Waals surface area contributed by atoms with E-state index in [1.807, 2.05) is 6.92 Å². The topological polar surface area (TPSA) is 49.5 Å². The van der Waals surface area contributed by atoms with Gasteiger partial charge in [0.2, 0.25) is 0 Å². The van der Waals surface area contributed by atoms with Crippen molar-refractivity contribution in [1.82, 2.24) is 4.90 Å². The summed E-state index contributed by atoms with van der Waals surface area (Å²) in [5.74, 6) is 0. The molecule has 0 amide bonds. The largest absolute Gasteiger partial charge is 0.401 e. The molecule has 3 N–H and O–H groups in total. The minimum absolute atomic E-state index is 0.0790. The second kappa shape index (κ2) is 8.12. The van der Waals surface area contributed by atoms with Gasteiger partial charge in [0, 0.05) is 17.1 Å². The Hall–Kier alpha value is -0.630. The normalized spacial score (nSPS) is 15.2. The first-order chi connectivity index (χ1) is 9.78. The van der Waals surface area contributed by atoms with Gasteiger partial charge in [-0.3, -0.25) is 4.90 Å². The quantitative estimate of drug-likeness (QED) is 0.777. The third-order valence-electron chi connectivity index (χ3n) is 3.23. The second-order valence-corrected chi connectivity index (χ2v) is 5.80. The number of alkyl halides is 3. The van der Waals surface area contributed by atoms with Crippen molar-refractivity contribution >= 4 is 15.9 Å². The number of hydrogen-bond acceptors (Lipinski definition) is 3. The molecule has 0 aliphatic rings. The summed E-state index contributed by atoms with van der Waals surface area (Å²) in [5.41, 5.74) is 6.75. The number of nitrogens with zero attached hydrogens (tertiary/aromatic N) is 1. The zero-order valence-corrected chi connectivity index (χ0v) is 13.4. The van der Waals surface area contributed by atoms with Gasteiger partial charge < -0.3 is 10.8 Å². The molecule has 3 nitrogen and oxygen atoms in total. The van der Waals surface area contributed by atoms with Gasteiger partial charge in [-0.05, 0) is 24.1 Å². The predicted molar refractivity (Wildman–Crippen MR) is 79.9 cm³/mol. The van der Waals surface area contributed by atoms with Crippen molar-refractivity contribution in [2.45, 2.75) is 31.6 Å². The van der Waals surface area contributed by atoms with Crippen molar-refractivity contribution in [3.8, 4) is 0 Å². The molecule has 0 fully saturated rings. The van der Waals surface area contributed by atoms with E-state index in [0.29, 0.717) is 12.0 Å². The van der Waals surface area contributed by atoms with E-state index >= 15 is 0 Å². The van der Waals surface area contributed by atoms with Crippen LogP contribution in [0.4, 0.5) is 13.2 Å². The van der Waals surface area contributed by atoms with Crippen LogP contribution in [-0.4, -0.2) is 41.9 Å². The van der Waals surface area contributed by atoms with Gasteiger partial charge in [-0.25, -0.2) is 0 Å². The summed E-state index contributed by atoms with van der Waals surface area (Å²) in [6.07, 6.45) is -3.80. The number of benzene rings is 1. The molecule has 1 aromatic rings. The number of aliphatic hydroxyl groups excluding tert-OH is 1. The van der Waals surface area contributed by atoms with Gasteiger partial charge in [-0.15, -0.1) is 0 Å². The maximum Gasteiger partial charge on any atom is 0.401 e. The number of rotatable bonds is 7. The van der Waals surface area contributed by atoms with Crippen LogP contribution in [0.2, 0.25) is 0 Å². The Balaban J connectivity index is 3.13. The lowest BCUT2D eigenvalue weighted by Gasteiger charge is -2.35. The minimum atomic E-state index is -4.34. The van der Waals surface area contributed by atoms with E-state index in [-0.39, 0.29) is 13.2 Å². The zero-order valence-electron chi connectivity index (χ0n) is 11.8. The Labute approximate surface area is 131 Å². The van der Waals surface area contributed by atoms with Gasteiger partial charge in [0.25, 0.3) is 0 Å². The molecule has 1 rings (SSSR count). The summed E-state index contributed by atoms with van der Waals surface area (Å²) in [6, 6.07) is 6.04. The van der Waals surface area contributed by atoms with E-state index in [2.05, 4.69) is 15.9 Å². The molecule has 2 unspecified atom stereocenters. The maximum atomic E-state index is 12.8. The molecule has 0 aliphatic carbocycles. The molecule has 1 aromatic carbocycles. The summed E-state index contributed by atoms with van der Waals surface area (Å²) < 4.78 is 39.1. The SMILES string of the molecule is CCC(N)C(c1cccc(Br)c1)N(CCO)CC(F)(F)F. The van der Waals surface area contributed by atoms with Crippen molar-refractivity contribution in [2.75, 3.05) is 19.7 Å². The number of aliphatic hydroxyl groups is 1. The minimum Gasteiger partial charge on any atom is -0.395 e. The van der Waals surface area contributed by atoms with Crippen LogP contribution in [0.3, 0.4) is 0 Å². The van der Waals surface area contributed by atoms with Gasteiger partial charge in [0.1, 0.15) is 0 Å². The van der Waals surface area contributed by atoms with Gasteiger partial charge in [-0.2, -0.15) is 13.2 Å². The standard InChI is InChI=1S/C14H20BrF3N2O/c1-2-12(19)13(10-4-3-5-11(15)8-10)20(6-7-21)9-14(16,17)18/h3-5,8,12-13,21H,2,6-7,9,19H2,1H3. The monoisotopic (exact) mass is 368 g/mol. The Kier molecular flexibility index (Phi) is 7.12. The maximum absolute atomic E-state index is 12.8. The van der Waals surface area contributed by atoms with E-state index < -0.39 is 24.8 Å². The average molecular weight is 369 g/mol. The molecule has 0 heterocycles. The van der Waals surface area contributed by atoms with Gasteiger partial charge in [-0.1, -0.05) is 35.0 Å². The number of halogens is 4. The molecule has 0 bridgehead atoms. The van der Waals surface area contributed by atoms with Crippen molar-refractivity contribution in [3.05, 3.63) is 34.3 Å². The Morgan fingerprint density at radius 1 is 1.38 bits per heavy atom. The first-order valence-electron chi connectivity index (χ1n) is 6.71. The summed E-state index contributed by atoms with van der Waals surface area (Å²) in [6.45, 7) is 0.306. The van der Waals surface area contributed by atoms with E-state index in [1.165, 1.54) is 4.90 Å². The highest BCUT2D eigenvalue weighted by atomic mass is 79.9. The van der Waals surface area contributed by atoms with Crippen LogP contribution in [-0.2, 0) is 0 Å². The van der Waals surface area contributed by atoms with E-state index in [0.717, 1.165) is 4.47 Å². The van der Waals surface area contributed by atoms with E-state index in [1.54, 1.807) is 24.3 Å². The highest BCUT2D eigenvalue weighted by Gasteiger charge is 2.36. The highest BCUT2D eigenvalue weighted by molar-refractivity contribution is 9.10. The predicted octanol–water partition coefficient (Wildman–Crippen LogP) is 3.08. The fourth-order valence-corrected chi connectivity index (χ4v) is 2.73. The van der Waals surface area contributed by atoms with Gasteiger partial charge in [0.15, 0.2) is 0 Å². The smallest absolute Gasteiger partial charge is 0.395 e. The molecule has 21 heavy (non-hydrogen) atoms. The molecular weight excluding hydrogens is 349 g/mol. The van der Waals surface area contributed by atoms with Crippen molar-refractivity contribution in [2.24, 2.45) is 5.73 Å². The lowest BCUT2D eigenvalue weighted by molar-refractivity contribution is -0.153. The van der Waals surface area contributed by atoms with Crippen molar-refractivity contribution in [1.29, 1.82) is 0 Å². The van der Waals surface area contributed by atoms with Crippen LogP contribution >= 0.6 is 15.9 Å². The molecular formula is C14H20BrF3N2O. The first kappa shape index (κ1) is 18.4. The lowest BCUT2D eigenvalue weighted by Crippen LogP contribution is -2.46. The Morgan fingerprint density at radius 2 is 2.05 bits per heavy atom. The summed E-state index contributed by atoms with van der Waals surface area (Å²) >= 11 is 3.32. The molecule has 0 saturated heterocycles. The number of hydrogen-bond donors (Lipinski definition) is 2. The molecule has 0 spiro atoms. The van der Waals surface area contributed by atoms with Crippen LogP contribution < -0.4 is 5.73 Å². The van der Waals surface area contributed by atoms with Crippen molar-refractivity contribution in [3.63, 3.8) is 0 Å². The van der Waals surface area contributed by atoms with Crippen LogP contribution in [0.15, 0.2) is 28.7 Å². The molecule has 0 radical (unpaired) electrons. The number of nitrogens with two attached hydrogens (primary N) is 1. The summed E-state index contributed by atoms with van der Waals surface area (Å²) in [4.78, 5) is 1.19. The fraction of sp³-hybridized carbons (Fsp3) is 0.571. The molecule has 2 atom stereocenters. The average Bonchev–Trinajstić information content (AvgIpc) is 2.37. The molecule has 0 aromatic heterocycles. The third kappa shape index (κ3) is 5.94. The van der Waals surface area contributed by atoms with Crippen LogP contribution in [0.25, 0.3) is 0 Å². The zero-order chi connectivity index (χ0) is 16.0. The highest BCUT2D eigenvalue weighted by Crippen LogP contribution is 2.30.